The van der Waals surface area contributed by atoms with Crippen LogP contribution in [0.1, 0.15) is 71.8 Å². The first-order chi connectivity index (χ1) is 30.0. The van der Waals surface area contributed by atoms with Crippen molar-refractivity contribution in [2.24, 2.45) is 23.3 Å². The Balaban J connectivity index is 1.34. The molecule has 62 heavy (non-hydrogen) atoms. The van der Waals surface area contributed by atoms with Crippen LogP contribution in [0.2, 0.25) is 0 Å². The SMILES string of the molecule is CC(C)CCOc1ccc2ccccc2c1-c1c(OCC(=O)N[C@H](CCCCN)C(=O)N[C@H](CCN)C(=O)N[C@@H](CC(C)C)C(=O)OCc2ccccc2)ccc2ccccc12. The maximum atomic E-state index is 13.9. The van der Waals surface area contributed by atoms with Crippen molar-refractivity contribution in [3.8, 4) is 22.6 Å². The highest BCUT2D eigenvalue weighted by Gasteiger charge is 2.31. The van der Waals surface area contributed by atoms with Crippen LogP contribution >= 0.6 is 0 Å². The van der Waals surface area contributed by atoms with E-state index in [-0.39, 0.29) is 31.9 Å². The molecule has 5 aromatic carbocycles. The molecule has 0 radical (unpaired) electrons. The smallest absolute Gasteiger partial charge is 0.328 e. The monoisotopic (exact) mass is 845 g/mol. The normalized spacial score (nSPS) is 12.8. The Hall–Kier alpha value is -5.98. The number of unbranched alkanes of at least 4 members (excludes halogenated alkanes) is 1. The van der Waals surface area contributed by atoms with Crippen LogP contribution in [0.15, 0.2) is 103 Å². The van der Waals surface area contributed by atoms with E-state index < -0.39 is 48.4 Å². The Morgan fingerprint density at radius 2 is 1.13 bits per heavy atom. The van der Waals surface area contributed by atoms with E-state index in [9.17, 15) is 19.2 Å². The average molecular weight is 846 g/mol. The highest BCUT2D eigenvalue weighted by atomic mass is 16.5. The molecule has 0 fully saturated rings. The molecule has 7 N–H and O–H groups in total. The van der Waals surface area contributed by atoms with Gasteiger partial charge in [0.1, 0.15) is 36.2 Å². The van der Waals surface area contributed by atoms with Gasteiger partial charge in [-0.05, 0) is 103 Å². The van der Waals surface area contributed by atoms with Crippen molar-refractivity contribution in [1.29, 1.82) is 0 Å². The lowest BCUT2D eigenvalue weighted by atomic mass is 9.92. The van der Waals surface area contributed by atoms with Gasteiger partial charge in [0.25, 0.3) is 5.91 Å². The largest absolute Gasteiger partial charge is 0.493 e. The molecule has 0 spiro atoms. The van der Waals surface area contributed by atoms with Gasteiger partial charge in [-0.3, -0.25) is 14.4 Å². The lowest BCUT2D eigenvalue weighted by Crippen LogP contribution is -2.56. The Labute approximate surface area is 365 Å². The zero-order valence-corrected chi connectivity index (χ0v) is 36.5. The molecule has 0 unspecified atom stereocenters. The standard InChI is InChI=1S/C50H63N5O7/c1-33(2)26-29-60-43-23-21-36-16-8-10-18-38(36)46(43)47-39-19-11-9-17-37(39)22-24-44(47)61-32-45(56)53-40(20-12-13-27-51)48(57)54-41(25-28-52)49(58)55-42(30-34(3)4)50(59)62-31-35-14-6-5-7-15-35/h5-11,14-19,21-24,33-34,40-42H,12-13,20,25-32,51-52H2,1-4H3,(H,53,56)(H,54,57)(H,55,58)/t40-,41-,42+/m1/s1. The summed E-state index contributed by atoms with van der Waals surface area (Å²) >= 11 is 0. The molecule has 0 saturated carbocycles. The van der Waals surface area contributed by atoms with Gasteiger partial charge in [-0.1, -0.05) is 119 Å². The lowest BCUT2D eigenvalue weighted by Gasteiger charge is -2.25. The predicted octanol–water partition coefficient (Wildman–Crippen LogP) is 7.19. The number of hydrogen-bond acceptors (Lipinski definition) is 9. The number of benzene rings is 5. The summed E-state index contributed by atoms with van der Waals surface area (Å²) in [7, 11) is 0. The molecule has 5 aromatic rings. The molecule has 12 heteroatoms. The third-order valence-electron chi connectivity index (χ3n) is 10.6. The second-order valence-corrected chi connectivity index (χ2v) is 16.5. The van der Waals surface area contributed by atoms with Crippen molar-refractivity contribution in [2.75, 3.05) is 26.3 Å². The van der Waals surface area contributed by atoms with E-state index >= 15 is 0 Å². The fourth-order valence-electron chi connectivity index (χ4n) is 7.30. The number of fused-ring (bicyclic) bond motifs is 2. The zero-order valence-electron chi connectivity index (χ0n) is 36.5. The molecule has 0 aliphatic heterocycles. The summed E-state index contributed by atoms with van der Waals surface area (Å²) in [5.41, 5.74) is 14.2. The fourth-order valence-corrected chi connectivity index (χ4v) is 7.30. The minimum Gasteiger partial charge on any atom is -0.493 e. The summed E-state index contributed by atoms with van der Waals surface area (Å²) in [4.78, 5) is 54.6. The molecular formula is C50H63N5O7. The van der Waals surface area contributed by atoms with E-state index in [4.69, 9.17) is 25.7 Å². The van der Waals surface area contributed by atoms with Crippen molar-refractivity contribution in [3.05, 3.63) is 109 Å². The number of nitrogens with one attached hydrogen (secondary N) is 3. The first-order valence-electron chi connectivity index (χ1n) is 21.8. The summed E-state index contributed by atoms with van der Waals surface area (Å²) in [6, 6.07) is 30.2. The number of ether oxygens (including phenoxy) is 3. The van der Waals surface area contributed by atoms with Crippen molar-refractivity contribution in [3.63, 3.8) is 0 Å². The van der Waals surface area contributed by atoms with E-state index in [2.05, 4.69) is 41.9 Å². The molecule has 0 heterocycles. The third-order valence-corrected chi connectivity index (χ3v) is 10.6. The lowest BCUT2D eigenvalue weighted by molar-refractivity contribution is -0.150. The molecule has 3 amide bonds. The third kappa shape index (κ3) is 13.5. The second-order valence-electron chi connectivity index (χ2n) is 16.5. The van der Waals surface area contributed by atoms with Crippen molar-refractivity contribution in [2.45, 2.75) is 91.0 Å². The van der Waals surface area contributed by atoms with Crippen LogP contribution in [0.3, 0.4) is 0 Å². The van der Waals surface area contributed by atoms with Gasteiger partial charge in [0.2, 0.25) is 11.8 Å². The van der Waals surface area contributed by atoms with Gasteiger partial charge in [-0.25, -0.2) is 4.79 Å². The Bertz CT molecular complexity index is 2250. The highest BCUT2D eigenvalue weighted by Crippen LogP contribution is 2.45. The average Bonchev–Trinajstić information content (AvgIpc) is 3.26. The molecule has 0 saturated heterocycles. The van der Waals surface area contributed by atoms with Crippen molar-refractivity contribution >= 4 is 45.2 Å². The van der Waals surface area contributed by atoms with Crippen LogP contribution in [0.25, 0.3) is 32.7 Å². The predicted molar refractivity (Wildman–Crippen MR) is 245 cm³/mol. The molecule has 330 valence electrons. The highest BCUT2D eigenvalue weighted by molar-refractivity contribution is 6.10. The van der Waals surface area contributed by atoms with E-state index in [1.165, 1.54) is 0 Å². The van der Waals surface area contributed by atoms with E-state index in [0.29, 0.717) is 49.8 Å². The van der Waals surface area contributed by atoms with E-state index in [0.717, 1.165) is 44.7 Å². The second kappa shape index (κ2) is 23.9. The van der Waals surface area contributed by atoms with Crippen molar-refractivity contribution < 1.29 is 33.4 Å². The van der Waals surface area contributed by atoms with Crippen LogP contribution < -0.4 is 36.9 Å². The molecule has 5 rings (SSSR count). The number of carbonyl (C=O) groups excluding carboxylic acids is 4. The van der Waals surface area contributed by atoms with Gasteiger partial charge in [0, 0.05) is 11.1 Å². The molecular weight excluding hydrogens is 783 g/mol. The summed E-state index contributed by atoms with van der Waals surface area (Å²) in [5, 5.41) is 12.4. The van der Waals surface area contributed by atoms with Crippen LogP contribution in [0.4, 0.5) is 0 Å². The number of amides is 3. The zero-order chi connectivity index (χ0) is 44.4. The minimum atomic E-state index is -1.08. The summed E-state index contributed by atoms with van der Waals surface area (Å²) in [5.74, 6) is -0.547. The number of hydrogen-bond donors (Lipinski definition) is 5. The maximum absolute atomic E-state index is 13.9. The van der Waals surface area contributed by atoms with Gasteiger partial charge in [-0.2, -0.15) is 0 Å². The Morgan fingerprint density at radius 3 is 1.71 bits per heavy atom. The van der Waals surface area contributed by atoms with Gasteiger partial charge in [0.05, 0.1) is 6.61 Å². The maximum Gasteiger partial charge on any atom is 0.328 e. The van der Waals surface area contributed by atoms with Gasteiger partial charge >= 0.3 is 5.97 Å². The number of carbonyl (C=O) groups is 4. The molecule has 12 nitrogen and oxygen atoms in total. The van der Waals surface area contributed by atoms with E-state index in [1.807, 2.05) is 105 Å². The van der Waals surface area contributed by atoms with Crippen molar-refractivity contribution in [1.82, 2.24) is 16.0 Å². The summed E-state index contributed by atoms with van der Waals surface area (Å²) in [6.07, 6.45) is 2.74. The molecule has 0 bridgehead atoms. The molecule has 3 atom stereocenters. The van der Waals surface area contributed by atoms with Crippen LogP contribution in [-0.2, 0) is 30.5 Å². The summed E-state index contributed by atoms with van der Waals surface area (Å²) in [6.45, 7) is 8.88. The number of rotatable bonds is 24. The van der Waals surface area contributed by atoms with Crippen LogP contribution in [-0.4, -0.2) is 68.1 Å². The summed E-state index contributed by atoms with van der Waals surface area (Å²) < 4.78 is 18.4. The molecule has 0 aliphatic carbocycles. The van der Waals surface area contributed by atoms with Crippen LogP contribution in [0.5, 0.6) is 11.5 Å². The van der Waals surface area contributed by atoms with Crippen LogP contribution in [0, 0.1) is 11.8 Å². The van der Waals surface area contributed by atoms with Gasteiger partial charge < -0.3 is 41.6 Å². The number of nitrogens with two attached hydrogens (primary N) is 2. The molecule has 0 aromatic heterocycles. The Kier molecular flexibility index (Phi) is 18.1. The first-order valence-corrected chi connectivity index (χ1v) is 21.8. The fraction of sp³-hybridized carbons (Fsp3) is 0.400. The van der Waals surface area contributed by atoms with Gasteiger partial charge in [-0.15, -0.1) is 0 Å². The number of esters is 1. The quantitative estimate of drug-likeness (QED) is 0.0317. The first kappa shape index (κ1) is 47.1. The molecule has 0 aliphatic rings. The Morgan fingerprint density at radius 1 is 0.565 bits per heavy atom. The van der Waals surface area contributed by atoms with E-state index in [1.54, 1.807) is 0 Å². The minimum absolute atomic E-state index is 0.0549. The topological polar surface area (TPSA) is 184 Å². The van der Waals surface area contributed by atoms with Gasteiger partial charge in [0.15, 0.2) is 6.61 Å².